The van der Waals surface area contributed by atoms with Gasteiger partial charge < -0.3 is 10.6 Å². The van der Waals surface area contributed by atoms with Crippen LogP contribution in [0.25, 0.3) is 5.82 Å². The van der Waals surface area contributed by atoms with Crippen LogP contribution >= 0.6 is 11.5 Å². The molecule has 0 bridgehead atoms. The Hall–Kier alpha value is -3.66. The summed E-state index contributed by atoms with van der Waals surface area (Å²) in [5.74, 6) is 1.14. The standard InChI is InChI=1S/C17H14N8OS/c1-11-16(27-24-23-11)17(26)22-13-4-2-12(3-5-13)21-14-8-15(20-9-19-14)25-7-6-18-10-25/h2-10H,1H3,(H,22,26)(H,19,20,21). The average molecular weight is 378 g/mol. The molecular formula is C17H14N8OS. The van der Waals surface area contributed by atoms with E-state index in [4.69, 9.17) is 0 Å². The van der Waals surface area contributed by atoms with Crippen LogP contribution in [-0.4, -0.2) is 35.0 Å². The highest BCUT2D eigenvalue weighted by molar-refractivity contribution is 7.08. The van der Waals surface area contributed by atoms with E-state index in [1.807, 2.05) is 36.5 Å². The molecule has 3 heterocycles. The summed E-state index contributed by atoms with van der Waals surface area (Å²) in [5.41, 5.74) is 2.13. The SMILES string of the molecule is Cc1nnsc1C(=O)Nc1ccc(Nc2cc(-n3ccnc3)ncn2)cc1. The van der Waals surface area contributed by atoms with Gasteiger partial charge in [-0.05, 0) is 42.7 Å². The van der Waals surface area contributed by atoms with Gasteiger partial charge in [-0.3, -0.25) is 9.36 Å². The highest BCUT2D eigenvalue weighted by Gasteiger charge is 2.13. The summed E-state index contributed by atoms with van der Waals surface area (Å²) in [6.45, 7) is 1.76. The minimum Gasteiger partial charge on any atom is -0.340 e. The van der Waals surface area contributed by atoms with E-state index in [0.29, 0.717) is 27.9 Å². The smallest absolute Gasteiger partial charge is 0.269 e. The lowest BCUT2D eigenvalue weighted by molar-refractivity contribution is 0.103. The lowest BCUT2D eigenvalue weighted by Gasteiger charge is -2.09. The van der Waals surface area contributed by atoms with E-state index in [1.165, 1.54) is 6.33 Å². The van der Waals surface area contributed by atoms with E-state index in [0.717, 1.165) is 17.2 Å². The molecule has 1 aromatic carbocycles. The number of nitrogens with one attached hydrogen (secondary N) is 2. The molecule has 1 amide bonds. The molecule has 0 unspecified atom stereocenters. The van der Waals surface area contributed by atoms with Crippen LogP contribution in [-0.2, 0) is 0 Å². The van der Waals surface area contributed by atoms with E-state index >= 15 is 0 Å². The Balaban J connectivity index is 1.45. The Morgan fingerprint density at radius 1 is 1.15 bits per heavy atom. The van der Waals surface area contributed by atoms with Gasteiger partial charge in [-0.25, -0.2) is 15.0 Å². The van der Waals surface area contributed by atoms with Crippen molar-refractivity contribution in [2.75, 3.05) is 10.6 Å². The Kier molecular flexibility index (Phi) is 4.54. The van der Waals surface area contributed by atoms with Crippen LogP contribution in [0, 0.1) is 6.92 Å². The van der Waals surface area contributed by atoms with Crippen LogP contribution in [0.3, 0.4) is 0 Å². The van der Waals surface area contributed by atoms with Crippen molar-refractivity contribution in [2.24, 2.45) is 0 Å². The molecule has 134 valence electrons. The summed E-state index contributed by atoms with van der Waals surface area (Å²) in [4.78, 5) is 25.2. The van der Waals surface area contributed by atoms with E-state index in [-0.39, 0.29) is 5.91 Å². The van der Waals surface area contributed by atoms with Crippen molar-refractivity contribution >= 4 is 34.6 Å². The van der Waals surface area contributed by atoms with Gasteiger partial charge in [0.2, 0.25) is 0 Å². The van der Waals surface area contributed by atoms with Gasteiger partial charge in [0.15, 0.2) is 0 Å². The topological polar surface area (TPSA) is 111 Å². The van der Waals surface area contributed by atoms with Crippen LogP contribution in [0.2, 0.25) is 0 Å². The Bertz CT molecular complexity index is 1060. The number of aryl methyl sites for hydroxylation is 1. The van der Waals surface area contributed by atoms with Crippen LogP contribution in [0.15, 0.2) is 55.4 Å². The molecule has 2 N–H and O–H groups in total. The molecule has 0 radical (unpaired) electrons. The molecule has 4 aromatic rings. The second kappa shape index (κ2) is 7.30. The number of benzene rings is 1. The lowest BCUT2D eigenvalue weighted by Crippen LogP contribution is -2.11. The number of aromatic nitrogens is 6. The van der Waals surface area contributed by atoms with Gasteiger partial charge in [0.1, 0.15) is 29.2 Å². The number of nitrogens with zero attached hydrogens (tertiary/aromatic N) is 6. The summed E-state index contributed by atoms with van der Waals surface area (Å²) >= 11 is 1.08. The molecule has 10 heteroatoms. The van der Waals surface area contributed by atoms with Crippen molar-refractivity contribution in [1.82, 2.24) is 29.1 Å². The number of carbonyl (C=O) groups is 1. The van der Waals surface area contributed by atoms with Gasteiger partial charge in [-0.15, -0.1) is 5.10 Å². The predicted octanol–water partition coefficient (Wildman–Crippen LogP) is 2.82. The van der Waals surface area contributed by atoms with Gasteiger partial charge >= 0.3 is 0 Å². The minimum atomic E-state index is -0.219. The molecule has 0 atom stereocenters. The monoisotopic (exact) mass is 378 g/mol. The average Bonchev–Trinajstić information content (AvgIpc) is 3.35. The molecule has 3 aromatic heterocycles. The predicted molar refractivity (Wildman–Crippen MR) is 101 cm³/mol. The van der Waals surface area contributed by atoms with Crippen LogP contribution in [0.1, 0.15) is 15.4 Å². The number of carbonyl (C=O) groups excluding carboxylic acids is 1. The molecule has 0 aliphatic rings. The highest BCUT2D eigenvalue weighted by Crippen LogP contribution is 2.20. The number of hydrogen-bond donors (Lipinski definition) is 2. The van der Waals surface area contributed by atoms with Crippen molar-refractivity contribution in [1.29, 1.82) is 0 Å². The first-order valence-electron chi connectivity index (χ1n) is 7.97. The van der Waals surface area contributed by atoms with E-state index in [9.17, 15) is 4.79 Å². The second-order valence-corrected chi connectivity index (χ2v) is 6.33. The van der Waals surface area contributed by atoms with Gasteiger partial charge in [0.05, 0.1) is 5.69 Å². The minimum absolute atomic E-state index is 0.219. The molecule has 9 nitrogen and oxygen atoms in total. The fourth-order valence-corrected chi connectivity index (χ4v) is 2.92. The maximum Gasteiger partial charge on any atom is 0.269 e. The first-order chi connectivity index (χ1) is 13.2. The number of imidazole rings is 1. The number of hydrogen-bond acceptors (Lipinski definition) is 8. The number of amides is 1. The third-order valence-corrected chi connectivity index (χ3v) is 4.52. The zero-order valence-corrected chi connectivity index (χ0v) is 15.0. The Morgan fingerprint density at radius 3 is 2.67 bits per heavy atom. The molecule has 0 aliphatic carbocycles. The summed E-state index contributed by atoms with van der Waals surface area (Å²) < 4.78 is 5.57. The normalized spacial score (nSPS) is 10.6. The summed E-state index contributed by atoms with van der Waals surface area (Å²) in [6.07, 6.45) is 6.65. The lowest BCUT2D eigenvalue weighted by atomic mass is 10.2. The molecule has 0 aliphatic heterocycles. The summed E-state index contributed by atoms with van der Waals surface area (Å²) in [7, 11) is 0. The van der Waals surface area contributed by atoms with Gasteiger partial charge in [0.25, 0.3) is 5.91 Å². The second-order valence-electron chi connectivity index (χ2n) is 5.58. The summed E-state index contributed by atoms with van der Waals surface area (Å²) in [5, 5.41) is 9.89. The Morgan fingerprint density at radius 2 is 1.96 bits per heavy atom. The largest absolute Gasteiger partial charge is 0.340 e. The molecule has 0 fully saturated rings. The third kappa shape index (κ3) is 3.80. The van der Waals surface area contributed by atoms with Gasteiger partial charge in [-0.2, -0.15) is 0 Å². The molecule has 4 rings (SSSR count). The van der Waals surface area contributed by atoms with Crippen LogP contribution in [0.5, 0.6) is 0 Å². The fraction of sp³-hybridized carbons (Fsp3) is 0.0588. The number of anilines is 3. The van der Waals surface area contributed by atoms with Crippen molar-refractivity contribution in [3.8, 4) is 5.82 Å². The maximum atomic E-state index is 12.2. The van der Waals surface area contributed by atoms with E-state index in [1.54, 1.807) is 24.0 Å². The number of rotatable bonds is 5. The van der Waals surface area contributed by atoms with E-state index in [2.05, 4.69) is 35.2 Å². The molecule has 27 heavy (non-hydrogen) atoms. The van der Waals surface area contributed by atoms with Crippen molar-refractivity contribution in [2.45, 2.75) is 6.92 Å². The van der Waals surface area contributed by atoms with E-state index < -0.39 is 0 Å². The third-order valence-electron chi connectivity index (χ3n) is 3.69. The van der Waals surface area contributed by atoms with Crippen molar-refractivity contribution in [3.05, 3.63) is 66.0 Å². The van der Waals surface area contributed by atoms with Crippen LogP contribution in [0.4, 0.5) is 17.2 Å². The first-order valence-corrected chi connectivity index (χ1v) is 8.74. The maximum absolute atomic E-state index is 12.2. The zero-order valence-electron chi connectivity index (χ0n) is 14.2. The fourth-order valence-electron chi connectivity index (χ4n) is 2.36. The van der Waals surface area contributed by atoms with Crippen LogP contribution < -0.4 is 10.6 Å². The van der Waals surface area contributed by atoms with Crippen molar-refractivity contribution in [3.63, 3.8) is 0 Å². The highest BCUT2D eigenvalue weighted by atomic mass is 32.1. The molecule has 0 saturated carbocycles. The first kappa shape index (κ1) is 16.8. The zero-order chi connectivity index (χ0) is 18.6. The van der Waals surface area contributed by atoms with Crippen molar-refractivity contribution < 1.29 is 4.79 Å². The molecule has 0 spiro atoms. The molecular weight excluding hydrogens is 364 g/mol. The van der Waals surface area contributed by atoms with Gasteiger partial charge in [0, 0.05) is 29.8 Å². The summed E-state index contributed by atoms with van der Waals surface area (Å²) in [6, 6.07) is 9.14. The van der Waals surface area contributed by atoms with Gasteiger partial charge in [-0.1, -0.05) is 4.49 Å². The Labute approximate surface area is 158 Å². The quantitative estimate of drug-likeness (QED) is 0.549. The molecule has 0 saturated heterocycles.